The molecule has 0 bridgehead atoms. The Morgan fingerprint density at radius 1 is 0.696 bits per heavy atom. The number of para-hydroxylation sites is 2. The lowest BCUT2D eigenvalue weighted by Crippen LogP contribution is -2.09. The molecule has 46 heavy (non-hydrogen) atoms. The lowest BCUT2D eigenvalue weighted by molar-refractivity contribution is -0.384. The Labute approximate surface area is 253 Å². The van der Waals surface area contributed by atoms with Crippen LogP contribution in [0.3, 0.4) is 0 Å². The standard InChI is InChI=1S/2C12H10F3N3O2.2CO2/c1-2-8-7-17(16-11(8)12(13,14)15)9-3-5-10(6-4-9)18(19)20;1-2-8-7-17(16-11(8)12(13,14)15)9-5-3-4-6-10(9)18(19)20;2*2-1-3/h2*3-7H,2H2,1H3;;. The Bertz CT molecular complexity index is 1690. The maximum atomic E-state index is 12.8. The monoisotopic (exact) mass is 658 g/mol. The van der Waals surface area contributed by atoms with Gasteiger partial charge in [-0.1, -0.05) is 26.0 Å². The molecule has 2 aromatic carbocycles. The van der Waals surface area contributed by atoms with Crippen molar-refractivity contribution >= 4 is 23.7 Å². The number of hydrogen-bond acceptors (Lipinski definition) is 10. The van der Waals surface area contributed by atoms with Crippen molar-refractivity contribution in [3.63, 3.8) is 0 Å². The smallest absolute Gasteiger partial charge is 0.258 e. The second kappa shape index (κ2) is 16.7. The summed E-state index contributed by atoms with van der Waals surface area (Å²) in [5, 5.41) is 28.4. The molecule has 0 radical (unpaired) electrons. The van der Waals surface area contributed by atoms with Gasteiger partial charge in [-0.25, -0.2) is 9.36 Å². The summed E-state index contributed by atoms with van der Waals surface area (Å²) in [5.41, 5.74) is -1.97. The van der Waals surface area contributed by atoms with Crippen molar-refractivity contribution in [3.05, 3.63) is 104 Å². The summed E-state index contributed by atoms with van der Waals surface area (Å²) >= 11 is 0. The van der Waals surface area contributed by atoms with Crippen LogP contribution in [-0.4, -0.2) is 41.7 Å². The highest BCUT2D eigenvalue weighted by molar-refractivity contribution is 5.52. The predicted molar refractivity (Wildman–Crippen MR) is 139 cm³/mol. The van der Waals surface area contributed by atoms with Crippen molar-refractivity contribution in [2.24, 2.45) is 0 Å². The summed E-state index contributed by atoms with van der Waals surface area (Å²) < 4.78 is 78.7. The molecule has 0 amide bonds. The first kappa shape index (κ1) is 38.0. The molecule has 2 aromatic heterocycles. The minimum Gasteiger partial charge on any atom is -0.258 e. The van der Waals surface area contributed by atoms with Crippen LogP contribution in [0.5, 0.6) is 0 Å². The van der Waals surface area contributed by atoms with Crippen molar-refractivity contribution in [3.8, 4) is 11.4 Å². The molecular formula is C26H20F6N6O8. The van der Waals surface area contributed by atoms with Crippen LogP contribution in [0.25, 0.3) is 11.4 Å². The van der Waals surface area contributed by atoms with E-state index in [1.807, 2.05) is 0 Å². The summed E-state index contributed by atoms with van der Waals surface area (Å²) in [6.07, 6.45) is -5.82. The number of rotatable bonds is 6. The highest BCUT2D eigenvalue weighted by atomic mass is 19.4. The molecule has 0 N–H and O–H groups in total. The Morgan fingerprint density at radius 3 is 1.48 bits per heavy atom. The maximum absolute atomic E-state index is 12.8. The van der Waals surface area contributed by atoms with Gasteiger partial charge in [0.15, 0.2) is 11.4 Å². The summed E-state index contributed by atoms with van der Waals surface area (Å²) in [6.45, 7) is 3.17. The van der Waals surface area contributed by atoms with Gasteiger partial charge in [0.1, 0.15) is 5.69 Å². The third-order valence-electron chi connectivity index (χ3n) is 5.53. The fourth-order valence-electron chi connectivity index (χ4n) is 3.61. The van der Waals surface area contributed by atoms with Gasteiger partial charge < -0.3 is 0 Å². The summed E-state index contributed by atoms with van der Waals surface area (Å²) in [4.78, 5) is 52.7. The third kappa shape index (κ3) is 10.3. The molecule has 0 saturated heterocycles. The number of hydrogen-bond donors (Lipinski definition) is 0. The van der Waals surface area contributed by atoms with Crippen molar-refractivity contribution in [2.75, 3.05) is 0 Å². The van der Waals surface area contributed by atoms with E-state index >= 15 is 0 Å². The van der Waals surface area contributed by atoms with Crippen LogP contribution in [0.1, 0.15) is 36.4 Å². The van der Waals surface area contributed by atoms with E-state index in [2.05, 4.69) is 10.2 Å². The van der Waals surface area contributed by atoms with Gasteiger partial charge in [0.2, 0.25) is 0 Å². The fraction of sp³-hybridized carbons (Fsp3) is 0.231. The molecule has 14 nitrogen and oxygen atoms in total. The van der Waals surface area contributed by atoms with E-state index in [9.17, 15) is 46.6 Å². The molecule has 244 valence electrons. The van der Waals surface area contributed by atoms with Gasteiger partial charge in [0.05, 0.1) is 15.5 Å². The van der Waals surface area contributed by atoms with E-state index in [1.165, 1.54) is 60.9 Å². The molecule has 0 atom stereocenters. The highest BCUT2D eigenvalue weighted by Gasteiger charge is 2.38. The minimum absolute atomic E-state index is 0.00250. The van der Waals surface area contributed by atoms with Gasteiger partial charge in [-0.2, -0.15) is 55.7 Å². The second-order valence-corrected chi connectivity index (χ2v) is 8.28. The second-order valence-electron chi connectivity index (χ2n) is 8.28. The van der Waals surface area contributed by atoms with Gasteiger partial charge >= 0.3 is 24.7 Å². The van der Waals surface area contributed by atoms with Crippen molar-refractivity contribution in [1.29, 1.82) is 0 Å². The third-order valence-corrected chi connectivity index (χ3v) is 5.53. The SMILES string of the molecule is CCc1cn(-c2ccc([N+](=O)[O-])cc2)nc1C(F)(F)F.CCc1cn(-c2ccccc2[N+](=O)[O-])nc1C(F)(F)F.O=C=O.O=C=O. The number of carbonyl (C=O) groups excluding carboxylic acids is 4. The predicted octanol–water partition coefficient (Wildman–Crippen LogP) is 5.56. The van der Waals surface area contributed by atoms with Crippen LogP contribution >= 0.6 is 0 Å². The maximum Gasteiger partial charge on any atom is 0.435 e. The average Bonchev–Trinajstić information content (AvgIpc) is 3.64. The van der Waals surface area contributed by atoms with Crippen molar-refractivity contribution < 1.29 is 55.4 Å². The lowest BCUT2D eigenvalue weighted by Gasteiger charge is -2.04. The number of alkyl halides is 6. The van der Waals surface area contributed by atoms with Crippen LogP contribution in [0.4, 0.5) is 37.7 Å². The number of aryl methyl sites for hydroxylation is 2. The molecule has 4 rings (SSSR count). The molecule has 0 aliphatic heterocycles. The zero-order valence-corrected chi connectivity index (χ0v) is 23.4. The van der Waals surface area contributed by atoms with Gasteiger partial charge in [0.25, 0.3) is 11.4 Å². The first-order valence-electron chi connectivity index (χ1n) is 12.3. The van der Waals surface area contributed by atoms with E-state index < -0.39 is 33.6 Å². The summed E-state index contributed by atoms with van der Waals surface area (Å²) in [6, 6.07) is 10.7. The number of non-ortho nitro benzene ring substituents is 1. The van der Waals surface area contributed by atoms with Gasteiger partial charge in [0, 0.05) is 41.7 Å². The molecule has 0 spiro atoms. The lowest BCUT2D eigenvalue weighted by atomic mass is 10.2. The van der Waals surface area contributed by atoms with Crippen LogP contribution in [0.15, 0.2) is 60.9 Å². The van der Waals surface area contributed by atoms with E-state index in [0.717, 1.165) is 9.36 Å². The zero-order valence-electron chi connectivity index (χ0n) is 23.4. The molecule has 0 unspecified atom stereocenters. The Balaban J connectivity index is 0.000000393. The molecule has 4 aromatic rings. The summed E-state index contributed by atoms with van der Waals surface area (Å²) in [5.74, 6) is 0. The number of nitrogens with zero attached hydrogens (tertiary/aromatic N) is 6. The minimum atomic E-state index is -4.58. The number of nitro groups is 2. The van der Waals surface area contributed by atoms with Crippen molar-refractivity contribution in [1.82, 2.24) is 19.6 Å². The average molecular weight is 658 g/mol. The normalized spacial score (nSPS) is 10.4. The van der Waals surface area contributed by atoms with Crippen molar-refractivity contribution in [2.45, 2.75) is 39.0 Å². The number of halogens is 6. The number of aromatic nitrogens is 4. The number of benzene rings is 2. The summed E-state index contributed by atoms with van der Waals surface area (Å²) in [7, 11) is 0. The van der Waals surface area contributed by atoms with E-state index in [-0.39, 0.29) is 53.3 Å². The Morgan fingerprint density at radius 2 is 1.11 bits per heavy atom. The largest absolute Gasteiger partial charge is 0.435 e. The molecule has 20 heteroatoms. The molecule has 0 aliphatic rings. The Hall–Kier alpha value is -6.00. The topological polar surface area (TPSA) is 190 Å². The van der Waals surface area contributed by atoms with E-state index in [0.29, 0.717) is 5.69 Å². The van der Waals surface area contributed by atoms with E-state index in [4.69, 9.17) is 19.2 Å². The molecular weight excluding hydrogens is 638 g/mol. The van der Waals surface area contributed by atoms with Gasteiger partial charge in [-0.15, -0.1) is 0 Å². The molecule has 2 heterocycles. The molecule has 0 aliphatic carbocycles. The van der Waals surface area contributed by atoms with E-state index in [1.54, 1.807) is 13.8 Å². The van der Waals surface area contributed by atoms with Crippen LogP contribution in [-0.2, 0) is 44.4 Å². The van der Waals surface area contributed by atoms with Crippen LogP contribution in [0.2, 0.25) is 0 Å². The van der Waals surface area contributed by atoms with Gasteiger partial charge in [-0.05, 0) is 31.0 Å². The number of nitro benzene ring substituents is 2. The Kier molecular flexibility index (Phi) is 13.8. The molecule has 0 fully saturated rings. The first-order chi connectivity index (χ1) is 21.5. The first-order valence-corrected chi connectivity index (χ1v) is 12.3. The highest BCUT2D eigenvalue weighted by Crippen LogP contribution is 2.33. The van der Waals surface area contributed by atoms with Gasteiger partial charge in [-0.3, -0.25) is 20.2 Å². The quantitative estimate of drug-likeness (QED) is 0.144. The molecule has 0 saturated carbocycles. The zero-order chi connectivity index (χ0) is 35.2. The fourth-order valence-corrected chi connectivity index (χ4v) is 3.61. The van der Waals surface area contributed by atoms with Crippen LogP contribution in [0, 0.1) is 20.2 Å². The van der Waals surface area contributed by atoms with Crippen LogP contribution < -0.4 is 0 Å².